The van der Waals surface area contributed by atoms with Crippen molar-refractivity contribution >= 4 is 0 Å². The number of aliphatic hydroxyl groups excluding tert-OH is 1. The second kappa shape index (κ2) is 4.46. The Morgan fingerprint density at radius 3 is 2.47 bits per heavy atom. The summed E-state index contributed by atoms with van der Waals surface area (Å²) in [5, 5.41) is 18.9. The lowest BCUT2D eigenvalue weighted by Crippen LogP contribution is -2.12. The van der Waals surface area contributed by atoms with Crippen molar-refractivity contribution in [2.45, 2.75) is 33.3 Å². The lowest BCUT2D eigenvalue weighted by Gasteiger charge is -2.23. The Morgan fingerprint density at radius 1 is 1.33 bits per heavy atom. The van der Waals surface area contributed by atoms with Crippen molar-refractivity contribution in [2.24, 2.45) is 5.41 Å². The largest absolute Gasteiger partial charge is 0.388 e. The lowest BCUT2D eigenvalue weighted by molar-refractivity contribution is 0.122. The van der Waals surface area contributed by atoms with Gasteiger partial charge in [-0.1, -0.05) is 39.0 Å². The molecule has 0 fully saturated rings. The molecule has 1 rings (SSSR count). The van der Waals surface area contributed by atoms with Gasteiger partial charge in [-0.05, 0) is 23.5 Å². The second-order valence-corrected chi connectivity index (χ2v) is 4.98. The molecule has 0 heterocycles. The van der Waals surface area contributed by atoms with Crippen molar-refractivity contribution in [3.63, 3.8) is 0 Å². The van der Waals surface area contributed by atoms with Gasteiger partial charge in [0.1, 0.15) is 0 Å². The van der Waals surface area contributed by atoms with Crippen molar-refractivity contribution in [3.8, 4) is 6.07 Å². The van der Waals surface area contributed by atoms with E-state index in [-0.39, 0.29) is 5.41 Å². The summed E-state index contributed by atoms with van der Waals surface area (Å²) >= 11 is 0. The molecule has 0 aliphatic heterocycles. The van der Waals surface area contributed by atoms with Crippen molar-refractivity contribution in [1.82, 2.24) is 0 Å². The van der Waals surface area contributed by atoms with Gasteiger partial charge < -0.3 is 5.11 Å². The third-order valence-electron chi connectivity index (χ3n) is 2.25. The number of aliphatic hydroxyl groups is 1. The van der Waals surface area contributed by atoms with Crippen LogP contribution in [0.25, 0.3) is 0 Å². The van der Waals surface area contributed by atoms with Gasteiger partial charge in [-0.2, -0.15) is 5.26 Å². The van der Waals surface area contributed by atoms with Gasteiger partial charge in [0.25, 0.3) is 0 Å². The lowest BCUT2D eigenvalue weighted by atomic mass is 9.86. The first kappa shape index (κ1) is 11.7. The molecule has 0 bridgehead atoms. The molecule has 0 amide bonds. The highest BCUT2D eigenvalue weighted by atomic mass is 16.3. The van der Waals surface area contributed by atoms with Crippen LogP contribution in [0.1, 0.15) is 44.4 Å². The average molecular weight is 203 g/mol. The number of hydrogen-bond acceptors (Lipinski definition) is 2. The molecule has 2 heteroatoms. The van der Waals surface area contributed by atoms with Crippen LogP contribution in [0.3, 0.4) is 0 Å². The Morgan fingerprint density at radius 2 is 1.93 bits per heavy atom. The molecular weight excluding hydrogens is 186 g/mol. The summed E-state index contributed by atoms with van der Waals surface area (Å²) in [6.07, 6.45) is 0.104. The van der Waals surface area contributed by atoms with Gasteiger partial charge in [0.15, 0.2) is 0 Å². The number of nitrogens with zero attached hydrogens (tertiary/aromatic N) is 1. The molecule has 1 atom stereocenters. The number of nitriles is 1. The molecule has 0 saturated heterocycles. The van der Waals surface area contributed by atoms with Crippen LogP contribution in [0.4, 0.5) is 0 Å². The van der Waals surface area contributed by atoms with Crippen molar-refractivity contribution in [2.75, 3.05) is 0 Å². The van der Waals surface area contributed by atoms with E-state index in [0.29, 0.717) is 12.0 Å². The Bertz CT molecular complexity index is 371. The molecule has 1 unspecified atom stereocenters. The monoisotopic (exact) mass is 203 g/mol. The number of rotatable bonds is 2. The first-order valence-corrected chi connectivity index (χ1v) is 5.11. The zero-order valence-corrected chi connectivity index (χ0v) is 9.49. The van der Waals surface area contributed by atoms with E-state index in [1.165, 1.54) is 0 Å². The molecule has 15 heavy (non-hydrogen) atoms. The predicted octanol–water partition coefficient (Wildman–Crippen LogP) is 3.03. The predicted molar refractivity (Wildman–Crippen MR) is 60.2 cm³/mol. The third-order valence-corrected chi connectivity index (χ3v) is 2.25. The van der Waals surface area contributed by atoms with E-state index in [9.17, 15) is 5.11 Å². The number of benzene rings is 1. The summed E-state index contributed by atoms with van der Waals surface area (Å²) in [6, 6.07) is 9.31. The third kappa shape index (κ3) is 3.38. The first-order chi connectivity index (χ1) is 6.94. The topological polar surface area (TPSA) is 44.0 Å². The minimum Gasteiger partial charge on any atom is -0.388 e. The van der Waals surface area contributed by atoms with Gasteiger partial charge in [0, 0.05) is 0 Å². The van der Waals surface area contributed by atoms with Crippen LogP contribution in [0.2, 0.25) is 0 Å². The summed E-state index contributed by atoms with van der Waals surface area (Å²) < 4.78 is 0. The number of hydrogen-bond donors (Lipinski definition) is 1. The molecule has 1 N–H and O–H groups in total. The van der Waals surface area contributed by atoms with Gasteiger partial charge in [0.05, 0.1) is 17.7 Å². The summed E-state index contributed by atoms with van der Waals surface area (Å²) in [5.74, 6) is 0. The van der Waals surface area contributed by atoms with E-state index in [1.54, 1.807) is 6.07 Å². The van der Waals surface area contributed by atoms with Crippen molar-refractivity contribution < 1.29 is 5.11 Å². The minimum absolute atomic E-state index is 0.0575. The highest BCUT2D eigenvalue weighted by Gasteiger charge is 2.19. The molecule has 0 saturated carbocycles. The second-order valence-electron chi connectivity index (χ2n) is 4.98. The van der Waals surface area contributed by atoms with Crippen LogP contribution in [0, 0.1) is 16.7 Å². The standard InChI is InChI=1S/C13H17NO/c1-13(2,3)8-12(15)11-7-5-4-6-10(11)9-14/h4-7,12,15H,8H2,1-3H3. The molecule has 0 aliphatic carbocycles. The summed E-state index contributed by atoms with van der Waals surface area (Å²) in [7, 11) is 0. The van der Waals surface area contributed by atoms with E-state index in [0.717, 1.165) is 5.56 Å². The fourth-order valence-corrected chi connectivity index (χ4v) is 1.58. The summed E-state index contributed by atoms with van der Waals surface area (Å²) in [6.45, 7) is 6.22. The Labute approximate surface area is 91.2 Å². The van der Waals surface area contributed by atoms with Gasteiger partial charge in [-0.25, -0.2) is 0 Å². The quantitative estimate of drug-likeness (QED) is 0.802. The van der Waals surface area contributed by atoms with Gasteiger partial charge in [-0.3, -0.25) is 0 Å². The van der Waals surface area contributed by atoms with Gasteiger partial charge >= 0.3 is 0 Å². The maximum Gasteiger partial charge on any atom is 0.0995 e. The van der Waals surface area contributed by atoms with E-state index in [4.69, 9.17) is 5.26 Å². The maximum atomic E-state index is 10.0. The van der Waals surface area contributed by atoms with E-state index >= 15 is 0 Å². The Hall–Kier alpha value is -1.33. The first-order valence-electron chi connectivity index (χ1n) is 5.11. The van der Waals surface area contributed by atoms with Crippen molar-refractivity contribution in [1.29, 1.82) is 5.26 Å². The molecule has 0 spiro atoms. The van der Waals surface area contributed by atoms with Crippen LogP contribution in [0.15, 0.2) is 24.3 Å². The molecule has 0 aliphatic rings. The highest BCUT2D eigenvalue weighted by Crippen LogP contribution is 2.30. The fraction of sp³-hybridized carbons (Fsp3) is 0.462. The van der Waals surface area contributed by atoms with Gasteiger partial charge in [-0.15, -0.1) is 0 Å². The van der Waals surface area contributed by atoms with Gasteiger partial charge in [0.2, 0.25) is 0 Å². The SMILES string of the molecule is CC(C)(C)CC(O)c1ccccc1C#N. The molecule has 0 radical (unpaired) electrons. The molecular formula is C13H17NO. The molecule has 0 aromatic heterocycles. The summed E-state index contributed by atoms with van der Waals surface area (Å²) in [4.78, 5) is 0. The van der Waals surface area contributed by atoms with Crippen LogP contribution < -0.4 is 0 Å². The van der Waals surface area contributed by atoms with Crippen LogP contribution in [0.5, 0.6) is 0 Å². The van der Waals surface area contributed by atoms with E-state index in [2.05, 4.69) is 26.8 Å². The smallest absolute Gasteiger partial charge is 0.0995 e. The van der Waals surface area contributed by atoms with E-state index in [1.807, 2.05) is 18.2 Å². The molecule has 80 valence electrons. The Kier molecular flexibility index (Phi) is 3.49. The van der Waals surface area contributed by atoms with Crippen LogP contribution in [-0.2, 0) is 0 Å². The normalized spacial score (nSPS) is 13.3. The van der Waals surface area contributed by atoms with Crippen LogP contribution >= 0.6 is 0 Å². The molecule has 1 aromatic rings. The highest BCUT2D eigenvalue weighted by molar-refractivity contribution is 5.38. The molecule has 2 nitrogen and oxygen atoms in total. The van der Waals surface area contributed by atoms with E-state index < -0.39 is 6.10 Å². The average Bonchev–Trinajstić information content (AvgIpc) is 2.15. The maximum absolute atomic E-state index is 10.0. The van der Waals surface area contributed by atoms with Crippen LogP contribution in [-0.4, -0.2) is 5.11 Å². The fourth-order valence-electron chi connectivity index (χ4n) is 1.58. The van der Waals surface area contributed by atoms with Crippen molar-refractivity contribution in [3.05, 3.63) is 35.4 Å². The molecule has 1 aromatic carbocycles. The zero-order valence-electron chi connectivity index (χ0n) is 9.49. The minimum atomic E-state index is -0.555. The Balaban J connectivity index is 2.92. The summed E-state index contributed by atoms with van der Waals surface area (Å²) in [5.41, 5.74) is 1.35. The zero-order chi connectivity index (χ0) is 11.5.